The molecule has 0 bridgehead atoms. The average molecular weight is 331 g/mol. The van der Waals surface area contributed by atoms with Crippen molar-refractivity contribution in [3.63, 3.8) is 0 Å². The van der Waals surface area contributed by atoms with Crippen molar-refractivity contribution in [2.75, 3.05) is 5.73 Å². The molecule has 0 aliphatic rings. The molecule has 0 amide bonds. The number of halogens is 1. The van der Waals surface area contributed by atoms with E-state index in [2.05, 4.69) is 26.6 Å². The van der Waals surface area contributed by atoms with Gasteiger partial charge in [0.2, 0.25) is 10.0 Å². The van der Waals surface area contributed by atoms with Crippen molar-refractivity contribution < 1.29 is 8.42 Å². The van der Waals surface area contributed by atoms with E-state index in [1.54, 1.807) is 12.1 Å². The molecule has 0 spiro atoms. The molecule has 18 heavy (non-hydrogen) atoms. The van der Waals surface area contributed by atoms with Gasteiger partial charge in [-0.2, -0.15) is 0 Å². The first-order chi connectivity index (χ1) is 8.40. The second kappa shape index (κ2) is 6.23. The summed E-state index contributed by atoms with van der Waals surface area (Å²) in [5.41, 5.74) is 5.99. The Morgan fingerprint density at radius 1 is 1.56 bits per heavy atom. The highest BCUT2D eigenvalue weighted by atomic mass is 79.9. The number of nitrogens with two attached hydrogens (primary N) is 1. The number of nitrogens with one attached hydrogen (secondary N) is 1. The fraction of sp³-hybridized carbons (Fsp3) is 0.333. The van der Waals surface area contributed by atoms with Gasteiger partial charge >= 0.3 is 0 Å². The summed E-state index contributed by atoms with van der Waals surface area (Å²) in [5, 5.41) is 0. The van der Waals surface area contributed by atoms with Gasteiger partial charge in [0.1, 0.15) is 0 Å². The van der Waals surface area contributed by atoms with E-state index in [4.69, 9.17) is 12.2 Å². The number of sulfonamides is 1. The maximum atomic E-state index is 12.2. The van der Waals surface area contributed by atoms with Crippen LogP contribution in [0.1, 0.15) is 19.8 Å². The quantitative estimate of drug-likeness (QED) is 0.641. The molecule has 0 fully saturated rings. The topological polar surface area (TPSA) is 72.2 Å². The van der Waals surface area contributed by atoms with E-state index in [9.17, 15) is 8.42 Å². The molecule has 0 heterocycles. The van der Waals surface area contributed by atoms with Crippen molar-refractivity contribution in [1.82, 2.24) is 4.72 Å². The lowest BCUT2D eigenvalue weighted by atomic mass is 10.2. The third-order valence-corrected chi connectivity index (χ3v) is 4.94. The van der Waals surface area contributed by atoms with Crippen LogP contribution in [0.4, 0.5) is 5.69 Å². The van der Waals surface area contributed by atoms with Gasteiger partial charge in [-0.1, -0.05) is 6.92 Å². The predicted octanol–water partition coefficient (Wildman–Crippen LogP) is 2.11. The van der Waals surface area contributed by atoms with E-state index in [1.807, 2.05) is 6.92 Å². The molecule has 0 aliphatic heterocycles. The zero-order valence-corrected chi connectivity index (χ0v) is 12.4. The molecule has 0 aromatic heterocycles. The van der Waals surface area contributed by atoms with Gasteiger partial charge in [0.15, 0.2) is 0 Å². The summed E-state index contributed by atoms with van der Waals surface area (Å²) in [6.07, 6.45) is 6.19. The van der Waals surface area contributed by atoms with E-state index >= 15 is 0 Å². The van der Waals surface area contributed by atoms with Crippen LogP contribution in [0, 0.1) is 12.3 Å². The Bertz CT molecular complexity index is 564. The van der Waals surface area contributed by atoms with Gasteiger partial charge in [-0.15, -0.1) is 12.3 Å². The number of nitrogen functional groups attached to an aromatic ring is 1. The maximum absolute atomic E-state index is 12.2. The van der Waals surface area contributed by atoms with Crippen LogP contribution in [0.3, 0.4) is 0 Å². The van der Waals surface area contributed by atoms with Crippen LogP contribution in [0.2, 0.25) is 0 Å². The van der Waals surface area contributed by atoms with E-state index in [0.29, 0.717) is 23.0 Å². The van der Waals surface area contributed by atoms with Crippen LogP contribution < -0.4 is 10.5 Å². The number of terminal acetylenes is 1. The normalized spacial score (nSPS) is 12.9. The molecular weight excluding hydrogens is 316 g/mol. The molecule has 3 N–H and O–H groups in total. The maximum Gasteiger partial charge on any atom is 0.242 e. The average Bonchev–Trinajstić information content (AvgIpc) is 2.31. The lowest BCUT2D eigenvalue weighted by Crippen LogP contribution is -2.34. The zero-order valence-electron chi connectivity index (χ0n) is 9.98. The van der Waals surface area contributed by atoms with Gasteiger partial charge in [0.25, 0.3) is 0 Å². The second-order valence-electron chi connectivity index (χ2n) is 3.82. The fourth-order valence-corrected chi connectivity index (χ4v) is 3.74. The Kier molecular flexibility index (Phi) is 5.20. The lowest BCUT2D eigenvalue weighted by molar-refractivity contribution is 0.543. The van der Waals surface area contributed by atoms with E-state index < -0.39 is 10.0 Å². The molecule has 1 aromatic carbocycles. The molecule has 1 atom stereocenters. The first kappa shape index (κ1) is 15.0. The molecule has 1 aromatic rings. The van der Waals surface area contributed by atoms with Gasteiger partial charge in [0.05, 0.1) is 4.90 Å². The first-order valence-corrected chi connectivity index (χ1v) is 7.69. The van der Waals surface area contributed by atoms with Gasteiger partial charge < -0.3 is 5.73 Å². The summed E-state index contributed by atoms with van der Waals surface area (Å²) in [6.45, 7) is 1.87. The largest absolute Gasteiger partial charge is 0.399 e. The standard InChI is InChI=1S/C12H15BrN2O2S/c1-3-5-10(4-2)15-18(16,17)12-8-9(14)6-7-11(12)13/h1,6-8,10,15H,4-5,14H2,2H3. The van der Waals surface area contributed by atoms with Crippen LogP contribution >= 0.6 is 15.9 Å². The Hall–Kier alpha value is -1.03. The van der Waals surface area contributed by atoms with Crippen LogP contribution in [0.15, 0.2) is 27.6 Å². The number of benzene rings is 1. The molecule has 0 saturated heterocycles. The van der Waals surface area contributed by atoms with Crippen molar-refractivity contribution in [3.8, 4) is 12.3 Å². The molecule has 6 heteroatoms. The molecule has 1 unspecified atom stereocenters. The summed E-state index contributed by atoms with van der Waals surface area (Å²) < 4.78 is 27.4. The first-order valence-electron chi connectivity index (χ1n) is 5.41. The molecule has 0 saturated carbocycles. The van der Waals surface area contributed by atoms with E-state index in [1.165, 1.54) is 6.07 Å². The molecule has 4 nitrogen and oxygen atoms in total. The second-order valence-corrected chi connectivity index (χ2v) is 6.36. The number of rotatable bonds is 5. The highest BCUT2D eigenvalue weighted by Crippen LogP contribution is 2.24. The molecule has 0 aliphatic carbocycles. The summed E-state index contributed by atoms with van der Waals surface area (Å²) in [5.74, 6) is 2.46. The van der Waals surface area contributed by atoms with Gasteiger partial charge in [-0.3, -0.25) is 0 Å². The number of hydrogen-bond donors (Lipinski definition) is 2. The third-order valence-electron chi connectivity index (χ3n) is 2.42. The minimum atomic E-state index is -3.62. The Morgan fingerprint density at radius 2 is 2.22 bits per heavy atom. The molecular formula is C12H15BrN2O2S. The summed E-state index contributed by atoms with van der Waals surface area (Å²) in [4.78, 5) is 0.123. The van der Waals surface area contributed by atoms with Crippen LogP contribution in [0.25, 0.3) is 0 Å². The number of anilines is 1. The monoisotopic (exact) mass is 330 g/mol. The Morgan fingerprint density at radius 3 is 2.78 bits per heavy atom. The van der Waals surface area contributed by atoms with Gasteiger partial charge in [-0.25, -0.2) is 13.1 Å². The summed E-state index contributed by atoms with van der Waals surface area (Å²) in [6, 6.07) is 4.37. The molecule has 98 valence electrons. The Labute approximate surface area is 116 Å². The predicted molar refractivity (Wildman–Crippen MR) is 76.4 cm³/mol. The number of hydrogen-bond acceptors (Lipinski definition) is 3. The minimum Gasteiger partial charge on any atom is -0.399 e. The van der Waals surface area contributed by atoms with E-state index in [0.717, 1.165) is 0 Å². The highest BCUT2D eigenvalue weighted by molar-refractivity contribution is 9.10. The van der Waals surface area contributed by atoms with Crippen LogP contribution in [-0.4, -0.2) is 14.5 Å². The molecule has 0 radical (unpaired) electrons. The fourth-order valence-electron chi connectivity index (χ4n) is 1.42. The van der Waals surface area contributed by atoms with Gasteiger partial charge in [-0.05, 0) is 40.5 Å². The SMILES string of the molecule is C#CCC(CC)NS(=O)(=O)c1cc(N)ccc1Br. The van der Waals surface area contributed by atoms with Crippen molar-refractivity contribution in [1.29, 1.82) is 0 Å². The van der Waals surface area contributed by atoms with E-state index in [-0.39, 0.29) is 10.9 Å². The van der Waals surface area contributed by atoms with Crippen molar-refractivity contribution >= 4 is 31.6 Å². The highest BCUT2D eigenvalue weighted by Gasteiger charge is 2.21. The van der Waals surface area contributed by atoms with Crippen LogP contribution in [0.5, 0.6) is 0 Å². The van der Waals surface area contributed by atoms with Crippen molar-refractivity contribution in [2.24, 2.45) is 0 Å². The minimum absolute atomic E-state index is 0.123. The molecule has 1 rings (SSSR count). The summed E-state index contributed by atoms with van der Waals surface area (Å²) >= 11 is 3.20. The van der Waals surface area contributed by atoms with Gasteiger partial charge in [0, 0.05) is 22.6 Å². The lowest BCUT2D eigenvalue weighted by Gasteiger charge is -2.15. The third kappa shape index (κ3) is 3.73. The van der Waals surface area contributed by atoms with Crippen molar-refractivity contribution in [2.45, 2.75) is 30.7 Å². The smallest absolute Gasteiger partial charge is 0.242 e. The van der Waals surface area contributed by atoms with Crippen LogP contribution in [-0.2, 0) is 10.0 Å². The Balaban J connectivity index is 3.06. The zero-order chi connectivity index (χ0) is 13.8. The van der Waals surface area contributed by atoms with Crippen molar-refractivity contribution in [3.05, 3.63) is 22.7 Å². The summed E-state index contributed by atoms with van der Waals surface area (Å²) in [7, 11) is -3.62.